The molecule has 0 saturated carbocycles. The number of imidazole rings is 1. The molecule has 3 heterocycles. The van der Waals surface area contributed by atoms with Crippen molar-refractivity contribution in [3.8, 4) is 5.75 Å². The Morgan fingerprint density at radius 1 is 1.38 bits per heavy atom. The fourth-order valence-electron chi connectivity index (χ4n) is 3.07. The number of hydrogen-bond donors (Lipinski definition) is 3. The van der Waals surface area contributed by atoms with Crippen LogP contribution >= 0.6 is 0 Å². The molecule has 0 spiro atoms. The van der Waals surface area contributed by atoms with Gasteiger partial charge in [-0.3, -0.25) is 14.3 Å². The number of fused-ring (bicyclic) bond motifs is 1. The van der Waals surface area contributed by atoms with Crippen molar-refractivity contribution in [2.24, 2.45) is 0 Å². The third kappa shape index (κ3) is 4.05. The Morgan fingerprint density at radius 2 is 2.17 bits per heavy atom. The summed E-state index contributed by atoms with van der Waals surface area (Å²) in [5.74, 6) is -0.0794. The average Bonchev–Trinajstić information content (AvgIpc) is 3.29. The highest BCUT2D eigenvalue weighted by atomic mass is 16.6. The molecule has 29 heavy (non-hydrogen) atoms. The van der Waals surface area contributed by atoms with Gasteiger partial charge in [-0.25, -0.2) is 9.78 Å². The minimum atomic E-state index is -0.875. The predicted octanol–water partition coefficient (Wildman–Crippen LogP) is -0.0276. The smallest absolute Gasteiger partial charge is 0.344 e. The number of nitrogens with one attached hydrogen (secondary N) is 1. The topological polar surface area (TPSA) is 155 Å². The number of aromatic nitrogens is 4. The van der Waals surface area contributed by atoms with E-state index in [0.29, 0.717) is 5.75 Å². The van der Waals surface area contributed by atoms with Crippen LogP contribution in [0.3, 0.4) is 0 Å². The molecular weight excluding hydrogens is 382 g/mol. The lowest BCUT2D eigenvalue weighted by Gasteiger charge is -2.16. The molecule has 1 aromatic carbocycles. The predicted molar refractivity (Wildman–Crippen MR) is 100.0 cm³/mol. The van der Waals surface area contributed by atoms with E-state index in [9.17, 15) is 14.7 Å². The van der Waals surface area contributed by atoms with Crippen LogP contribution in [0.15, 0.2) is 41.5 Å². The van der Waals surface area contributed by atoms with Crippen LogP contribution in [0.25, 0.3) is 11.2 Å². The number of nitrogens with zero attached hydrogens (tertiary/aromatic N) is 3. The summed E-state index contributed by atoms with van der Waals surface area (Å²) in [6.45, 7) is -0.397. The van der Waals surface area contributed by atoms with Gasteiger partial charge in [-0.05, 0) is 12.1 Å². The number of esters is 1. The molecule has 11 heteroatoms. The minimum Gasteiger partial charge on any atom is -0.482 e. The van der Waals surface area contributed by atoms with Gasteiger partial charge in [0, 0.05) is 6.42 Å². The molecule has 1 aliphatic rings. The highest BCUT2D eigenvalue weighted by Crippen LogP contribution is 2.30. The highest BCUT2D eigenvalue weighted by molar-refractivity contribution is 5.71. The molecule has 152 valence electrons. The number of ether oxygens (including phenoxy) is 3. The van der Waals surface area contributed by atoms with E-state index in [1.54, 1.807) is 24.3 Å². The van der Waals surface area contributed by atoms with Gasteiger partial charge in [-0.2, -0.15) is 4.98 Å². The molecule has 0 unspecified atom stereocenters. The Hall–Kier alpha value is -3.44. The zero-order chi connectivity index (χ0) is 20.4. The summed E-state index contributed by atoms with van der Waals surface area (Å²) in [6.07, 6.45) is -0.640. The quantitative estimate of drug-likeness (QED) is 0.483. The van der Waals surface area contributed by atoms with Crippen LogP contribution in [-0.2, 0) is 14.3 Å². The lowest BCUT2D eigenvalue weighted by Crippen LogP contribution is -2.29. The summed E-state index contributed by atoms with van der Waals surface area (Å²) in [7, 11) is 0. The monoisotopic (exact) mass is 401 g/mol. The largest absolute Gasteiger partial charge is 0.482 e. The lowest BCUT2D eigenvalue weighted by molar-refractivity contribution is -0.152. The van der Waals surface area contributed by atoms with Crippen molar-refractivity contribution in [1.82, 2.24) is 19.5 Å². The maximum absolute atomic E-state index is 11.9. The second-order valence-electron chi connectivity index (χ2n) is 6.49. The van der Waals surface area contributed by atoms with Crippen molar-refractivity contribution in [3.63, 3.8) is 0 Å². The molecule has 3 atom stereocenters. The molecule has 1 saturated heterocycles. The van der Waals surface area contributed by atoms with Gasteiger partial charge in [-0.1, -0.05) is 18.2 Å². The van der Waals surface area contributed by atoms with Crippen molar-refractivity contribution < 1.29 is 24.1 Å². The number of carbonyl (C=O) groups is 1. The minimum absolute atomic E-state index is 0.0494. The second-order valence-corrected chi connectivity index (χ2v) is 6.49. The van der Waals surface area contributed by atoms with Crippen LogP contribution in [0, 0.1) is 0 Å². The van der Waals surface area contributed by atoms with Crippen molar-refractivity contribution in [2.45, 2.75) is 24.9 Å². The zero-order valence-corrected chi connectivity index (χ0v) is 15.2. The molecule has 1 fully saturated rings. The Kier molecular flexibility index (Phi) is 5.14. The van der Waals surface area contributed by atoms with E-state index < -0.39 is 30.0 Å². The molecular formula is C18H19N5O6. The van der Waals surface area contributed by atoms with E-state index in [1.807, 2.05) is 6.07 Å². The van der Waals surface area contributed by atoms with Crippen molar-refractivity contribution >= 4 is 23.1 Å². The number of benzene rings is 1. The molecule has 0 aliphatic carbocycles. The Morgan fingerprint density at radius 3 is 2.97 bits per heavy atom. The lowest BCUT2D eigenvalue weighted by atomic mass is 10.2. The van der Waals surface area contributed by atoms with Crippen molar-refractivity contribution in [2.75, 3.05) is 18.9 Å². The van der Waals surface area contributed by atoms with Gasteiger partial charge in [0.05, 0.1) is 12.4 Å². The number of H-pyrrole nitrogens is 1. The van der Waals surface area contributed by atoms with Gasteiger partial charge >= 0.3 is 5.97 Å². The Bertz CT molecular complexity index is 1070. The van der Waals surface area contributed by atoms with Gasteiger partial charge in [0.1, 0.15) is 24.7 Å². The number of hydrogen-bond acceptors (Lipinski definition) is 9. The fraction of sp³-hybridized carbons (Fsp3) is 0.333. The van der Waals surface area contributed by atoms with E-state index >= 15 is 0 Å². The summed E-state index contributed by atoms with van der Waals surface area (Å²) >= 11 is 0. The maximum atomic E-state index is 11.9. The molecule has 0 bridgehead atoms. The highest BCUT2D eigenvalue weighted by Gasteiger charge is 2.36. The van der Waals surface area contributed by atoms with Gasteiger partial charge in [0.2, 0.25) is 5.95 Å². The van der Waals surface area contributed by atoms with Crippen LogP contribution in [0.2, 0.25) is 0 Å². The third-order valence-corrected chi connectivity index (χ3v) is 4.47. The normalized spacial score (nSPS) is 21.3. The van der Waals surface area contributed by atoms with E-state index in [2.05, 4.69) is 15.0 Å². The van der Waals surface area contributed by atoms with Gasteiger partial charge < -0.3 is 25.1 Å². The van der Waals surface area contributed by atoms with Gasteiger partial charge in [-0.15, -0.1) is 0 Å². The number of carbonyl (C=O) groups excluding carboxylic acids is 1. The summed E-state index contributed by atoms with van der Waals surface area (Å²) in [4.78, 5) is 34.2. The summed E-state index contributed by atoms with van der Waals surface area (Å²) in [6, 6.07) is 8.87. The number of nitrogens with two attached hydrogens (primary N) is 1. The molecule has 1 aliphatic heterocycles. The van der Waals surface area contributed by atoms with Crippen LogP contribution in [0.4, 0.5) is 5.95 Å². The number of aliphatic hydroxyl groups excluding tert-OH is 1. The summed E-state index contributed by atoms with van der Waals surface area (Å²) in [5, 5.41) is 10.3. The second kappa shape index (κ2) is 7.89. The molecule has 4 N–H and O–H groups in total. The summed E-state index contributed by atoms with van der Waals surface area (Å²) in [5.41, 5.74) is 5.49. The number of nitrogen functional groups attached to an aromatic ring is 1. The number of aromatic amines is 1. The van der Waals surface area contributed by atoms with Crippen LogP contribution < -0.4 is 16.0 Å². The molecule has 0 radical (unpaired) electrons. The molecule has 2 aromatic heterocycles. The first-order valence-electron chi connectivity index (χ1n) is 8.90. The van der Waals surface area contributed by atoms with Crippen molar-refractivity contribution in [1.29, 1.82) is 0 Å². The third-order valence-electron chi connectivity index (χ3n) is 4.47. The SMILES string of the molecule is Nc1nc2c(ncn2[C@@H]2C[C@@H](O)[C@@H](COC(=O)COc3ccccc3)O2)c(=O)[nH]1. The standard InChI is InChI=1S/C18H19N5O6/c19-18-21-16-15(17(26)22-18)20-9-23(16)13-6-11(24)12(29-13)7-28-14(25)8-27-10-4-2-1-3-5-10/h1-5,9,11-13,24H,6-8H2,(H3,19,21,22,26)/t11-,12-,13+/m1/s1. The number of anilines is 1. The maximum Gasteiger partial charge on any atom is 0.344 e. The molecule has 3 aromatic rings. The van der Waals surface area contributed by atoms with E-state index in [-0.39, 0.29) is 36.7 Å². The fourth-order valence-corrected chi connectivity index (χ4v) is 3.07. The van der Waals surface area contributed by atoms with E-state index in [0.717, 1.165) is 0 Å². The number of rotatable bonds is 6. The summed E-state index contributed by atoms with van der Waals surface area (Å²) < 4.78 is 17.8. The van der Waals surface area contributed by atoms with Crippen LogP contribution in [0.1, 0.15) is 12.6 Å². The van der Waals surface area contributed by atoms with E-state index in [4.69, 9.17) is 19.9 Å². The molecule has 4 rings (SSSR count). The van der Waals surface area contributed by atoms with Crippen LogP contribution in [0.5, 0.6) is 5.75 Å². The zero-order valence-electron chi connectivity index (χ0n) is 15.2. The Labute approximate surface area is 164 Å². The number of para-hydroxylation sites is 1. The number of aliphatic hydroxyl groups is 1. The Balaban J connectivity index is 1.35. The van der Waals surface area contributed by atoms with E-state index in [1.165, 1.54) is 10.9 Å². The first kappa shape index (κ1) is 18.9. The molecule has 0 amide bonds. The average molecular weight is 401 g/mol. The first-order valence-corrected chi connectivity index (χ1v) is 8.90. The van der Waals surface area contributed by atoms with Gasteiger partial charge in [0.25, 0.3) is 5.56 Å². The molecule has 11 nitrogen and oxygen atoms in total. The first-order chi connectivity index (χ1) is 14.0. The van der Waals surface area contributed by atoms with Crippen LogP contribution in [-0.4, -0.2) is 56.0 Å². The van der Waals surface area contributed by atoms with Crippen molar-refractivity contribution in [3.05, 3.63) is 47.0 Å². The van der Waals surface area contributed by atoms with Gasteiger partial charge in [0.15, 0.2) is 17.8 Å².